The molecule has 0 radical (unpaired) electrons. The molecule has 10 aromatic rings. The van der Waals surface area contributed by atoms with E-state index in [1.807, 2.05) is 0 Å². The third kappa shape index (κ3) is 6.95. The molecule has 0 unspecified atom stereocenters. The number of hydrogen-bond donors (Lipinski definition) is 0. The van der Waals surface area contributed by atoms with Crippen LogP contribution in [0.4, 0.5) is 0 Å². The van der Waals surface area contributed by atoms with Gasteiger partial charge in [-0.1, -0.05) is 189 Å². The minimum atomic E-state index is 0.546. The molecule has 0 fully saturated rings. The van der Waals surface area contributed by atoms with Gasteiger partial charge in [0, 0.05) is 32.0 Å². The minimum absolute atomic E-state index is 0.546. The van der Waals surface area contributed by atoms with Crippen LogP contribution >= 0.6 is 11.8 Å². The number of hydrogen-bond acceptors (Lipinski definition) is 3. The van der Waals surface area contributed by atoms with E-state index in [1.54, 1.807) is 11.8 Å². The van der Waals surface area contributed by atoms with Crippen LogP contribution in [0.2, 0.25) is 0 Å². The lowest BCUT2D eigenvalue weighted by atomic mass is 9.91. The number of benzene rings is 10. The Morgan fingerprint density at radius 1 is 0.333 bits per heavy atom. The molecule has 290 valence electrons. The van der Waals surface area contributed by atoms with Crippen LogP contribution in [0.5, 0.6) is 11.5 Å². The maximum atomic E-state index is 6.88. The molecule has 0 N–H and O–H groups in total. The Hall–Kier alpha value is -6.81. The van der Waals surface area contributed by atoms with Crippen LogP contribution < -0.4 is 9.47 Å². The van der Waals surface area contributed by atoms with Gasteiger partial charge in [0.1, 0.15) is 11.5 Å². The molecule has 0 aliphatic rings. The van der Waals surface area contributed by atoms with E-state index in [2.05, 4.69) is 208 Å². The molecule has 0 atom stereocenters. The summed E-state index contributed by atoms with van der Waals surface area (Å²) < 4.78 is 13.6. The van der Waals surface area contributed by atoms with Gasteiger partial charge in [0.05, 0.1) is 13.2 Å². The van der Waals surface area contributed by atoms with Crippen molar-refractivity contribution in [3.8, 4) is 56.0 Å². The van der Waals surface area contributed by atoms with E-state index in [0.717, 1.165) is 72.2 Å². The van der Waals surface area contributed by atoms with Crippen LogP contribution in [0.1, 0.15) is 20.3 Å². The van der Waals surface area contributed by atoms with Gasteiger partial charge in [-0.05, 0) is 103 Å². The van der Waals surface area contributed by atoms with Gasteiger partial charge >= 0.3 is 0 Å². The van der Waals surface area contributed by atoms with Crippen LogP contribution in [-0.2, 0) is 0 Å². The van der Waals surface area contributed by atoms with Crippen LogP contribution in [0.3, 0.4) is 0 Å². The standard InChI is InChI=1S/C57H44O2S/c1-3-33-59-57-54(50-31-15-23-40-19-7-11-27-46(40)50)36-43(37-55(57)51-32-16-24-41-20-8-12-28-47(41)51)60-42-34-52(48-29-13-21-38-17-5-9-25-44(38)48)56(58-4-2)53(35-42)49-30-14-22-39-18-6-10-26-45(39)49/h5-32,34-37H,3-4,33H2,1-2H3. The van der Waals surface area contributed by atoms with Crippen molar-refractivity contribution in [2.24, 2.45) is 0 Å². The quantitative estimate of drug-likeness (QED) is 0.130. The summed E-state index contributed by atoms with van der Waals surface area (Å²) >= 11 is 1.79. The van der Waals surface area contributed by atoms with E-state index in [-0.39, 0.29) is 0 Å². The fourth-order valence-electron chi connectivity index (χ4n) is 8.76. The summed E-state index contributed by atoms with van der Waals surface area (Å²) in [5, 5.41) is 9.59. The lowest BCUT2D eigenvalue weighted by Crippen LogP contribution is -2.01. The number of rotatable bonds is 11. The van der Waals surface area contributed by atoms with Gasteiger partial charge < -0.3 is 9.47 Å². The molecule has 0 amide bonds. The van der Waals surface area contributed by atoms with Crippen molar-refractivity contribution in [3.05, 3.63) is 194 Å². The minimum Gasteiger partial charge on any atom is -0.493 e. The lowest BCUT2D eigenvalue weighted by Gasteiger charge is -2.22. The Bertz CT molecular complexity index is 2980. The first-order chi connectivity index (χ1) is 29.7. The first-order valence-corrected chi connectivity index (χ1v) is 21.7. The zero-order valence-electron chi connectivity index (χ0n) is 33.8. The normalized spacial score (nSPS) is 11.4. The second kappa shape index (κ2) is 16.4. The second-order valence-electron chi connectivity index (χ2n) is 15.2. The van der Waals surface area contributed by atoms with Crippen molar-refractivity contribution in [3.63, 3.8) is 0 Å². The van der Waals surface area contributed by atoms with Gasteiger partial charge in [0.25, 0.3) is 0 Å². The lowest BCUT2D eigenvalue weighted by molar-refractivity contribution is 0.320. The molecule has 0 aliphatic heterocycles. The zero-order chi connectivity index (χ0) is 40.4. The van der Waals surface area contributed by atoms with E-state index in [9.17, 15) is 0 Å². The molecule has 0 aromatic heterocycles. The molecule has 0 heterocycles. The SMILES string of the molecule is CCCOc1c(-c2cccc3ccccc23)cc(Sc2cc(-c3cccc4ccccc34)c(OCC)c(-c3cccc4ccccc34)c2)cc1-c1cccc2ccccc12. The Kier molecular flexibility index (Phi) is 10.3. The first-order valence-electron chi connectivity index (χ1n) is 20.9. The summed E-state index contributed by atoms with van der Waals surface area (Å²) in [5.74, 6) is 1.80. The maximum Gasteiger partial charge on any atom is 0.135 e. The summed E-state index contributed by atoms with van der Waals surface area (Å²) in [4.78, 5) is 2.25. The molecule has 3 heteroatoms. The van der Waals surface area contributed by atoms with Crippen LogP contribution in [0, 0.1) is 0 Å². The largest absolute Gasteiger partial charge is 0.493 e. The van der Waals surface area contributed by atoms with Crippen molar-refractivity contribution in [2.45, 2.75) is 30.1 Å². The van der Waals surface area contributed by atoms with Gasteiger partial charge in [-0.3, -0.25) is 0 Å². The number of ether oxygens (including phenoxy) is 2. The second-order valence-corrected chi connectivity index (χ2v) is 16.3. The van der Waals surface area contributed by atoms with E-state index in [1.165, 1.54) is 43.1 Å². The summed E-state index contributed by atoms with van der Waals surface area (Å²) in [6.07, 6.45) is 0.903. The van der Waals surface area contributed by atoms with Gasteiger partial charge in [0.2, 0.25) is 0 Å². The Balaban J connectivity index is 1.26. The molecule has 0 bridgehead atoms. The van der Waals surface area contributed by atoms with Crippen molar-refractivity contribution in [1.29, 1.82) is 0 Å². The molecule has 2 nitrogen and oxygen atoms in total. The molecular weight excluding hydrogens is 749 g/mol. The van der Waals surface area contributed by atoms with E-state index in [4.69, 9.17) is 9.47 Å². The van der Waals surface area contributed by atoms with Crippen molar-refractivity contribution >= 4 is 54.9 Å². The van der Waals surface area contributed by atoms with Gasteiger partial charge in [-0.15, -0.1) is 0 Å². The fourth-order valence-corrected chi connectivity index (χ4v) is 9.74. The molecule has 10 rings (SSSR count). The average molecular weight is 793 g/mol. The van der Waals surface area contributed by atoms with Gasteiger partial charge in [-0.2, -0.15) is 0 Å². The van der Waals surface area contributed by atoms with Gasteiger partial charge in [0.15, 0.2) is 0 Å². The number of fused-ring (bicyclic) bond motifs is 4. The van der Waals surface area contributed by atoms with Crippen molar-refractivity contribution < 1.29 is 9.47 Å². The third-order valence-corrected chi connectivity index (χ3v) is 12.4. The Morgan fingerprint density at radius 2 is 0.633 bits per heavy atom. The van der Waals surface area contributed by atoms with Gasteiger partial charge in [-0.25, -0.2) is 0 Å². The highest BCUT2D eigenvalue weighted by Gasteiger charge is 2.23. The van der Waals surface area contributed by atoms with Crippen molar-refractivity contribution in [1.82, 2.24) is 0 Å². The molecular formula is C57H44O2S. The summed E-state index contributed by atoms with van der Waals surface area (Å²) in [6.45, 7) is 5.41. The monoisotopic (exact) mass is 792 g/mol. The molecule has 10 aromatic carbocycles. The molecule has 0 aliphatic carbocycles. The van der Waals surface area contributed by atoms with Crippen molar-refractivity contribution in [2.75, 3.05) is 13.2 Å². The highest BCUT2D eigenvalue weighted by molar-refractivity contribution is 7.99. The third-order valence-electron chi connectivity index (χ3n) is 11.4. The predicted molar refractivity (Wildman–Crippen MR) is 256 cm³/mol. The predicted octanol–water partition coefficient (Wildman–Crippen LogP) is 16.3. The van der Waals surface area contributed by atoms with Crippen LogP contribution in [0.15, 0.2) is 204 Å². The highest BCUT2D eigenvalue weighted by Crippen LogP contribution is 2.50. The zero-order valence-corrected chi connectivity index (χ0v) is 34.6. The van der Waals surface area contributed by atoms with Crippen LogP contribution in [-0.4, -0.2) is 13.2 Å². The molecule has 0 saturated heterocycles. The topological polar surface area (TPSA) is 18.5 Å². The molecule has 0 saturated carbocycles. The van der Waals surface area contributed by atoms with E-state index < -0.39 is 0 Å². The Morgan fingerprint density at radius 3 is 0.950 bits per heavy atom. The maximum absolute atomic E-state index is 6.88. The fraction of sp³-hybridized carbons (Fsp3) is 0.0877. The van der Waals surface area contributed by atoms with E-state index in [0.29, 0.717) is 13.2 Å². The average Bonchev–Trinajstić information content (AvgIpc) is 3.30. The summed E-state index contributed by atoms with van der Waals surface area (Å²) in [6, 6.07) is 70.4. The summed E-state index contributed by atoms with van der Waals surface area (Å²) in [7, 11) is 0. The smallest absolute Gasteiger partial charge is 0.135 e. The first kappa shape index (κ1) is 37.5. The highest BCUT2D eigenvalue weighted by atomic mass is 32.2. The van der Waals surface area contributed by atoms with Crippen LogP contribution in [0.25, 0.3) is 87.6 Å². The Labute approximate surface area is 356 Å². The molecule has 60 heavy (non-hydrogen) atoms. The summed E-state index contributed by atoms with van der Waals surface area (Å²) in [5.41, 5.74) is 8.94. The molecule has 0 spiro atoms. The van der Waals surface area contributed by atoms with E-state index >= 15 is 0 Å².